The summed E-state index contributed by atoms with van der Waals surface area (Å²) in [7, 11) is 2.02. The smallest absolute Gasteiger partial charge is 0.140 e. The van der Waals surface area contributed by atoms with Crippen LogP contribution in [0.3, 0.4) is 0 Å². The molecule has 0 bridgehead atoms. The molecule has 0 spiro atoms. The molecule has 0 aliphatic rings. The number of rotatable bonds is 0. The molecule has 2 nitrogen and oxygen atoms in total. The summed E-state index contributed by atoms with van der Waals surface area (Å²) in [4.78, 5) is 7.99. The van der Waals surface area contributed by atoms with Crippen LogP contribution in [0.4, 0.5) is 0 Å². The maximum absolute atomic E-state index is 5.88. The molecule has 0 saturated carbocycles. The van der Waals surface area contributed by atoms with Crippen molar-refractivity contribution in [2.75, 3.05) is 0 Å². The Bertz CT molecular complexity index is 430. The van der Waals surface area contributed by atoms with Gasteiger partial charge in [-0.15, -0.1) is 0 Å². The van der Waals surface area contributed by atoms with Gasteiger partial charge in [-0.05, 0) is 6.07 Å². The molecule has 58 valence electrons. The number of nitrogens with zero attached hydrogens (tertiary/aromatic N) is 2. The average molecular weight is 176 g/mol. The third-order valence-corrected chi connectivity index (χ3v) is 2.04. The minimum absolute atomic E-state index is 0.517. The van der Waals surface area contributed by atoms with Crippen molar-refractivity contribution in [3.8, 4) is 0 Å². The molecule has 12 heavy (non-hydrogen) atoms. The van der Waals surface area contributed by atoms with Gasteiger partial charge in [0.2, 0.25) is 0 Å². The summed E-state index contributed by atoms with van der Waals surface area (Å²) in [5.74, 6) is 0. The molecule has 0 radical (unpaired) electrons. The fraction of sp³-hybridized carbons (Fsp3) is 0. The molecule has 0 aliphatic carbocycles. The monoisotopic (exact) mass is 176 g/mol. The highest BCUT2D eigenvalue weighted by Crippen LogP contribution is 2.16. The highest BCUT2D eigenvalue weighted by Gasteiger charge is 1.99. The second kappa shape index (κ2) is 2.75. The average Bonchev–Trinajstić information content (AvgIpc) is 2.07. The molecule has 0 amide bonds. The largest absolute Gasteiger partial charge is 0.236 e. The van der Waals surface area contributed by atoms with Crippen LogP contribution in [0.5, 0.6) is 0 Å². The van der Waals surface area contributed by atoms with Crippen molar-refractivity contribution in [2.45, 2.75) is 0 Å². The second-order valence-electron chi connectivity index (χ2n) is 2.69. The van der Waals surface area contributed by atoms with Crippen LogP contribution in [-0.2, 0) is 0 Å². The number of hydrogen-bond acceptors (Lipinski definition) is 2. The number of benzene rings is 1. The van der Waals surface area contributed by atoms with Crippen molar-refractivity contribution in [3.05, 3.63) is 29.7 Å². The molecule has 1 heterocycles. The zero-order valence-corrected chi connectivity index (χ0v) is 7.34. The lowest BCUT2D eigenvalue weighted by atomic mass is 9.95. The lowest BCUT2D eigenvalue weighted by Gasteiger charge is -1.98. The maximum Gasteiger partial charge on any atom is 0.140 e. The summed E-state index contributed by atoms with van der Waals surface area (Å²) in [6, 6.07) is 5.93. The van der Waals surface area contributed by atoms with Gasteiger partial charge in [0.05, 0.1) is 5.52 Å². The van der Waals surface area contributed by atoms with Crippen LogP contribution in [0, 0.1) is 0 Å². The molecule has 0 fully saturated rings. The summed E-state index contributed by atoms with van der Waals surface area (Å²) in [5.41, 5.74) is 2.06. The normalized spacial score (nSPS) is 10.4. The first-order valence-electron chi connectivity index (χ1n) is 3.64. The van der Waals surface area contributed by atoms with Gasteiger partial charge in [0.15, 0.2) is 0 Å². The fourth-order valence-electron chi connectivity index (χ4n) is 1.14. The maximum atomic E-state index is 5.88. The van der Waals surface area contributed by atoms with Crippen LogP contribution in [0.1, 0.15) is 0 Å². The summed E-state index contributed by atoms with van der Waals surface area (Å²) >= 11 is 5.88. The second-order valence-corrected chi connectivity index (χ2v) is 3.04. The fourth-order valence-corrected chi connectivity index (χ4v) is 1.33. The zero-order valence-electron chi connectivity index (χ0n) is 6.58. The molecule has 4 heteroatoms. The van der Waals surface area contributed by atoms with Crippen molar-refractivity contribution in [1.29, 1.82) is 0 Å². The van der Waals surface area contributed by atoms with Crippen molar-refractivity contribution >= 4 is 35.8 Å². The number of fused-ring (bicyclic) bond motifs is 1. The Morgan fingerprint density at radius 3 is 2.92 bits per heavy atom. The van der Waals surface area contributed by atoms with E-state index >= 15 is 0 Å². The molecule has 1 aromatic heterocycles. The van der Waals surface area contributed by atoms with Crippen LogP contribution >= 0.6 is 11.6 Å². The van der Waals surface area contributed by atoms with E-state index in [0.29, 0.717) is 5.15 Å². The van der Waals surface area contributed by atoms with Gasteiger partial charge in [0.25, 0.3) is 0 Å². The predicted molar refractivity (Wildman–Crippen MR) is 52.7 cm³/mol. The van der Waals surface area contributed by atoms with Crippen LogP contribution < -0.4 is 5.46 Å². The topological polar surface area (TPSA) is 25.8 Å². The minimum Gasteiger partial charge on any atom is -0.236 e. The molecule has 1 aromatic carbocycles. The van der Waals surface area contributed by atoms with E-state index in [9.17, 15) is 0 Å². The quantitative estimate of drug-likeness (QED) is 0.433. The van der Waals surface area contributed by atoms with E-state index in [2.05, 4.69) is 9.97 Å². The number of halogens is 1. The number of aromatic nitrogens is 2. The van der Waals surface area contributed by atoms with Gasteiger partial charge in [0, 0.05) is 5.39 Å². The Kier molecular flexibility index (Phi) is 1.73. The van der Waals surface area contributed by atoms with E-state index in [-0.39, 0.29) is 0 Å². The third kappa shape index (κ3) is 1.16. The van der Waals surface area contributed by atoms with E-state index < -0.39 is 0 Å². The molecule has 0 N–H and O–H groups in total. The van der Waals surface area contributed by atoms with Crippen molar-refractivity contribution < 1.29 is 0 Å². The molecule has 2 aromatic rings. The lowest BCUT2D eigenvalue weighted by molar-refractivity contribution is 1.22. The van der Waals surface area contributed by atoms with Gasteiger partial charge in [-0.25, -0.2) is 9.97 Å². The van der Waals surface area contributed by atoms with Crippen molar-refractivity contribution in [2.24, 2.45) is 0 Å². The van der Waals surface area contributed by atoms with E-state index in [1.807, 2.05) is 26.0 Å². The molecular weight excluding hydrogens is 170 g/mol. The van der Waals surface area contributed by atoms with Gasteiger partial charge < -0.3 is 0 Å². The van der Waals surface area contributed by atoms with Crippen LogP contribution in [0.2, 0.25) is 5.15 Å². The Balaban J connectivity index is 2.88. The lowest BCUT2D eigenvalue weighted by Crippen LogP contribution is -2.00. The van der Waals surface area contributed by atoms with E-state index in [4.69, 9.17) is 11.6 Å². The van der Waals surface area contributed by atoms with Crippen LogP contribution in [0.25, 0.3) is 10.9 Å². The summed E-state index contributed by atoms with van der Waals surface area (Å²) < 4.78 is 0. The highest BCUT2D eigenvalue weighted by atomic mass is 35.5. The van der Waals surface area contributed by atoms with E-state index in [1.54, 1.807) is 0 Å². The van der Waals surface area contributed by atoms with E-state index in [1.165, 1.54) is 11.8 Å². The van der Waals surface area contributed by atoms with Gasteiger partial charge >= 0.3 is 0 Å². The number of hydrogen-bond donors (Lipinski definition) is 0. The van der Waals surface area contributed by atoms with Gasteiger partial charge in [-0.2, -0.15) is 0 Å². The summed E-state index contributed by atoms with van der Waals surface area (Å²) in [5, 5.41) is 1.43. The Morgan fingerprint density at radius 1 is 1.25 bits per heavy atom. The molecular formula is C8H6BClN2. The molecule has 0 atom stereocenters. The molecule has 0 unspecified atom stereocenters. The van der Waals surface area contributed by atoms with Gasteiger partial charge in [0.1, 0.15) is 19.3 Å². The van der Waals surface area contributed by atoms with Gasteiger partial charge in [-0.3, -0.25) is 0 Å². The summed E-state index contributed by atoms with van der Waals surface area (Å²) in [6.07, 6.45) is 1.47. The highest BCUT2D eigenvalue weighted by molar-refractivity contribution is 6.36. The van der Waals surface area contributed by atoms with Crippen molar-refractivity contribution in [1.82, 2.24) is 9.97 Å². The Morgan fingerprint density at radius 2 is 2.08 bits per heavy atom. The van der Waals surface area contributed by atoms with Crippen molar-refractivity contribution in [3.63, 3.8) is 0 Å². The molecule has 0 aliphatic heterocycles. The van der Waals surface area contributed by atoms with Crippen LogP contribution in [-0.4, -0.2) is 17.8 Å². The zero-order chi connectivity index (χ0) is 8.55. The molecule has 2 rings (SSSR count). The molecule has 0 saturated heterocycles. The standard InChI is InChI=1S/C8H6BClN2/c9-5-1-2-7-6(3-5)8(10)12-4-11-7/h1-4H,9H2. The first-order valence-corrected chi connectivity index (χ1v) is 4.02. The van der Waals surface area contributed by atoms with Gasteiger partial charge in [-0.1, -0.05) is 29.2 Å². The predicted octanol–water partition coefficient (Wildman–Crippen LogP) is 0.542. The SMILES string of the molecule is Bc1ccc2ncnc(Cl)c2c1. The summed E-state index contributed by atoms with van der Waals surface area (Å²) in [6.45, 7) is 0. The van der Waals surface area contributed by atoms with E-state index in [0.717, 1.165) is 10.9 Å². The first-order chi connectivity index (χ1) is 5.77. The van der Waals surface area contributed by atoms with Crippen LogP contribution in [0.15, 0.2) is 24.5 Å². The minimum atomic E-state index is 0.517. The first kappa shape index (κ1) is 7.56. The third-order valence-electron chi connectivity index (χ3n) is 1.74. The Labute approximate surface area is 76.0 Å². The Hall–Kier alpha value is -1.09.